The molecule has 0 amide bonds. The number of hydrogen-bond acceptors (Lipinski definition) is 4. The van der Waals surface area contributed by atoms with Crippen molar-refractivity contribution in [3.05, 3.63) is 179 Å². The third-order valence-corrected chi connectivity index (χ3v) is 22.0. The Hall–Kier alpha value is -6.98. The van der Waals surface area contributed by atoms with E-state index in [1.165, 1.54) is 149 Å². The third kappa shape index (κ3) is 6.90. The molecule has 408 valence electrons. The van der Waals surface area contributed by atoms with Crippen LogP contribution in [0.15, 0.2) is 156 Å². The van der Waals surface area contributed by atoms with E-state index in [-0.39, 0.29) is 44.9 Å². The number of anilines is 7. The Balaban J connectivity index is 1.11. The van der Waals surface area contributed by atoms with E-state index in [0.29, 0.717) is 0 Å². The first-order valence-corrected chi connectivity index (χ1v) is 30.7. The average molecular weight is 1060 g/mol. The van der Waals surface area contributed by atoms with Crippen LogP contribution in [0.1, 0.15) is 169 Å². The average Bonchev–Trinajstić information content (AvgIpc) is 4.23. The Labute approximate surface area is 482 Å². The van der Waals surface area contributed by atoms with Gasteiger partial charge in [0.2, 0.25) is 0 Å². The summed E-state index contributed by atoms with van der Waals surface area (Å²) in [5.74, 6) is 0. The molecule has 9 aromatic rings. The van der Waals surface area contributed by atoms with Crippen LogP contribution in [0.2, 0.25) is 0 Å². The largest absolute Gasteiger partial charge is 0.457 e. The van der Waals surface area contributed by atoms with Gasteiger partial charge in [-0.25, -0.2) is 0 Å². The third-order valence-electron chi connectivity index (χ3n) is 22.0. The zero-order valence-corrected chi connectivity index (χ0v) is 50.4. The highest BCUT2D eigenvalue weighted by Crippen LogP contribution is 2.65. The lowest BCUT2D eigenvalue weighted by Gasteiger charge is -2.53. The van der Waals surface area contributed by atoms with E-state index in [1.54, 1.807) is 0 Å². The summed E-state index contributed by atoms with van der Waals surface area (Å²) < 4.78 is 7.53. The van der Waals surface area contributed by atoms with Gasteiger partial charge in [0.1, 0.15) is 11.2 Å². The summed E-state index contributed by atoms with van der Waals surface area (Å²) in [6.07, 6.45) is 9.48. The number of rotatable bonds is 4. The van der Waals surface area contributed by atoms with Crippen LogP contribution >= 0.6 is 0 Å². The maximum atomic E-state index is 7.53. The highest BCUT2D eigenvalue weighted by molar-refractivity contribution is 7.01. The molecule has 4 unspecified atom stereocenters. The second-order valence-corrected chi connectivity index (χ2v) is 29.6. The number of hydrogen-bond donors (Lipinski definition) is 0. The molecule has 81 heavy (non-hydrogen) atoms. The molecular formula is C76H80BN3O. The highest BCUT2D eigenvalue weighted by atomic mass is 16.3. The Morgan fingerprint density at radius 2 is 1.01 bits per heavy atom. The van der Waals surface area contributed by atoms with Crippen LogP contribution in [-0.4, -0.2) is 17.8 Å². The number of nitrogens with zero attached hydrogens (tertiary/aromatic N) is 3. The van der Waals surface area contributed by atoms with E-state index in [4.69, 9.17) is 4.42 Å². The molecule has 0 spiro atoms. The molecule has 0 N–H and O–H groups in total. The molecule has 0 radical (unpaired) electrons. The Morgan fingerprint density at radius 1 is 0.432 bits per heavy atom. The first-order valence-electron chi connectivity index (χ1n) is 30.7. The molecule has 2 fully saturated rings. The number of furan rings is 1. The molecule has 0 saturated heterocycles. The molecule has 2 saturated carbocycles. The lowest BCUT2D eigenvalue weighted by atomic mass is 9.33. The first-order chi connectivity index (χ1) is 38.5. The SMILES string of the molecule is CC(C)(C)c1ccc(N2c3cc(N4c5ccc(-c6ccccc6)cc5C5(C)CCCCC45C)cc4c3B(c3cc(C(C)(C)C)cc5c3N4C3(C)CCCCC53C)c3c2ccc2c3oc3ccc(C(C)(C)C)cc32)c(-c2ccccc2)c1. The molecule has 8 aromatic carbocycles. The Kier molecular flexibility index (Phi) is 10.6. The van der Waals surface area contributed by atoms with Gasteiger partial charge >= 0.3 is 0 Å². The molecular weight excluding hydrogens is 982 g/mol. The van der Waals surface area contributed by atoms with Crippen molar-refractivity contribution in [3.63, 3.8) is 0 Å². The fraction of sp³-hybridized carbons (Fsp3) is 0.368. The lowest BCUT2D eigenvalue weighted by molar-refractivity contribution is 0.194. The van der Waals surface area contributed by atoms with Gasteiger partial charge in [0.25, 0.3) is 6.71 Å². The van der Waals surface area contributed by atoms with Crippen LogP contribution in [0.25, 0.3) is 44.2 Å². The summed E-state index contributed by atoms with van der Waals surface area (Å²) in [4.78, 5) is 8.54. The molecule has 5 heterocycles. The molecule has 2 aliphatic carbocycles. The van der Waals surface area contributed by atoms with Crippen molar-refractivity contribution in [2.24, 2.45) is 0 Å². The monoisotopic (exact) mass is 1060 g/mol. The van der Waals surface area contributed by atoms with Gasteiger partial charge in [-0.3, -0.25) is 0 Å². The van der Waals surface area contributed by atoms with Gasteiger partial charge in [0.15, 0.2) is 0 Å². The van der Waals surface area contributed by atoms with Crippen molar-refractivity contribution in [3.8, 4) is 22.3 Å². The second kappa shape index (κ2) is 16.8. The lowest BCUT2D eigenvalue weighted by Crippen LogP contribution is -2.64. The molecule has 6 aliphatic rings. The van der Waals surface area contributed by atoms with E-state index in [9.17, 15) is 0 Å². The minimum atomic E-state index is -0.176. The highest BCUT2D eigenvalue weighted by Gasteiger charge is 2.63. The van der Waals surface area contributed by atoms with Crippen LogP contribution in [0.5, 0.6) is 0 Å². The second-order valence-electron chi connectivity index (χ2n) is 29.6. The van der Waals surface area contributed by atoms with E-state index in [2.05, 4.69) is 256 Å². The summed E-state index contributed by atoms with van der Waals surface area (Å²) in [5.41, 5.74) is 26.6. The fourth-order valence-corrected chi connectivity index (χ4v) is 16.9. The van der Waals surface area contributed by atoms with Gasteiger partial charge in [-0.05, 0) is 177 Å². The number of fused-ring (bicyclic) bond motifs is 14. The predicted molar refractivity (Wildman–Crippen MR) is 346 cm³/mol. The van der Waals surface area contributed by atoms with Crippen molar-refractivity contribution < 1.29 is 4.42 Å². The Bertz CT molecular complexity index is 4110. The zero-order valence-electron chi connectivity index (χ0n) is 50.4. The van der Waals surface area contributed by atoms with E-state index in [1.807, 2.05) is 0 Å². The van der Waals surface area contributed by atoms with Crippen LogP contribution in [-0.2, 0) is 27.1 Å². The molecule has 4 aliphatic heterocycles. The Morgan fingerprint density at radius 3 is 1.69 bits per heavy atom. The van der Waals surface area contributed by atoms with Crippen molar-refractivity contribution in [1.29, 1.82) is 0 Å². The maximum absolute atomic E-state index is 7.53. The van der Waals surface area contributed by atoms with Crippen LogP contribution in [0.3, 0.4) is 0 Å². The quantitative estimate of drug-likeness (QED) is 0.164. The zero-order chi connectivity index (χ0) is 56.1. The van der Waals surface area contributed by atoms with Gasteiger partial charge < -0.3 is 19.1 Å². The van der Waals surface area contributed by atoms with E-state index in [0.717, 1.165) is 30.4 Å². The number of benzene rings is 8. The standard InChI is InChI=1S/C76H80BN3O/c1-70(2,3)50-29-33-60(55(41-50)48-26-18-15-19-27-48)78-62-34-31-54-56-42-51(71(4,5)6)30-35-65(56)81-69(54)67(62)77-59-44-52(72(7,8)9)43-58-68(59)80(76(13)39-23-21-37-74(58,76)11)64-46-53(45-63(78)66(64)77)79-61-32-28-49(47-24-16-14-17-25-47)40-57(61)73(10)36-20-22-38-75(73,79)12/h14-19,24-35,40-46H,20-23,36-39H2,1-13H3. The molecule has 5 heteroatoms. The smallest absolute Gasteiger partial charge is 0.257 e. The minimum Gasteiger partial charge on any atom is -0.457 e. The topological polar surface area (TPSA) is 22.9 Å². The summed E-state index contributed by atoms with van der Waals surface area (Å²) in [6.45, 7) is 31.7. The van der Waals surface area contributed by atoms with Crippen molar-refractivity contribution in [1.82, 2.24) is 0 Å². The van der Waals surface area contributed by atoms with Crippen molar-refractivity contribution in [2.45, 2.75) is 180 Å². The molecule has 4 nitrogen and oxygen atoms in total. The fourth-order valence-electron chi connectivity index (χ4n) is 16.9. The van der Waals surface area contributed by atoms with Crippen LogP contribution in [0.4, 0.5) is 39.8 Å². The maximum Gasteiger partial charge on any atom is 0.257 e. The summed E-state index contributed by atoms with van der Waals surface area (Å²) in [7, 11) is 0. The van der Waals surface area contributed by atoms with Crippen LogP contribution in [0, 0.1) is 0 Å². The van der Waals surface area contributed by atoms with Gasteiger partial charge in [-0.1, -0.05) is 193 Å². The normalized spacial score (nSPS) is 23.6. The van der Waals surface area contributed by atoms with Crippen molar-refractivity contribution in [2.75, 3.05) is 14.7 Å². The summed E-state index contributed by atoms with van der Waals surface area (Å²) >= 11 is 0. The van der Waals surface area contributed by atoms with E-state index >= 15 is 0 Å². The van der Waals surface area contributed by atoms with E-state index < -0.39 is 0 Å². The molecule has 1 aromatic heterocycles. The van der Waals surface area contributed by atoms with Crippen molar-refractivity contribution >= 4 is 84.9 Å². The van der Waals surface area contributed by atoms with Gasteiger partial charge in [-0.2, -0.15) is 0 Å². The molecule has 15 rings (SSSR count). The van der Waals surface area contributed by atoms with Gasteiger partial charge in [-0.15, -0.1) is 0 Å². The first kappa shape index (κ1) is 50.9. The molecule has 0 bridgehead atoms. The summed E-state index contributed by atoms with van der Waals surface area (Å²) in [6, 6.07) is 59.7. The summed E-state index contributed by atoms with van der Waals surface area (Å²) in [5, 5.41) is 2.38. The molecule has 4 atom stereocenters. The van der Waals surface area contributed by atoms with Gasteiger partial charge in [0.05, 0.1) is 16.8 Å². The predicted octanol–water partition coefficient (Wildman–Crippen LogP) is 18.9. The minimum absolute atomic E-state index is 0.0165. The van der Waals surface area contributed by atoms with Gasteiger partial charge in [0, 0.05) is 61.3 Å². The van der Waals surface area contributed by atoms with Crippen LogP contribution < -0.4 is 31.1 Å².